The third-order valence-electron chi connectivity index (χ3n) is 2.68. The van der Waals surface area contributed by atoms with Gasteiger partial charge in [-0.05, 0) is 26.7 Å². The molecule has 0 spiro atoms. The van der Waals surface area contributed by atoms with Gasteiger partial charge in [0.05, 0.1) is 12.7 Å². The van der Waals surface area contributed by atoms with E-state index in [1.54, 1.807) is 0 Å². The van der Waals surface area contributed by atoms with Crippen LogP contribution in [-0.2, 0) is 19.0 Å². The smallest absolute Gasteiger partial charge is 0.163 e. The second-order valence-electron chi connectivity index (χ2n) is 4.29. The van der Waals surface area contributed by atoms with E-state index >= 15 is 0 Å². The van der Waals surface area contributed by atoms with E-state index in [9.17, 15) is 4.79 Å². The highest BCUT2D eigenvalue weighted by molar-refractivity contribution is 5.56. The molecule has 0 unspecified atom stereocenters. The summed E-state index contributed by atoms with van der Waals surface area (Å²) in [7, 11) is 0. The Bertz CT molecular complexity index is 226. The maximum absolute atomic E-state index is 10.5. The molecule has 2 aliphatic rings. The highest BCUT2D eigenvalue weighted by atomic mass is 16.7. The third kappa shape index (κ3) is 1.97. The van der Waals surface area contributed by atoms with Gasteiger partial charge in [0.2, 0.25) is 0 Å². The second kappa shape index (κ2) is 3.61. The van der Waals surface area contributed by atoms with Crippen molar-refractivity contribution in [1.29, 1.82) is 0 Å². The number of hydrogen-bond donors (Lipinski definition) is 0. The lowest BCUT2D eigenvalue weighted by Gasteiger charge is -2.20. The fourth-order valence-corrected chi connectivity index (χ4v) is 1.96. The Balaban J connectivity index is 1.89. The lowest BCUT2D eigenvalue weighted by Crippen LogP contribution is -2.31. The van der Waals surface area contributed by atoms with Gasteiger partial charge in [0.15, 0.2) is 5.79 Å². The minimum absolute atomic E-state index is 0.0186. The average Bonchev–Trinajstić information content (AvgIpc) is 2.70. The molecule has 4 nitrogen and oxygen atoms in total. The van der Waals surface area contributed by atoms with E-state index < -0.39 is 5.79 Å². The minimum Gasteiger partial charge on any atom is -0.365 e. The molecule has 14 heavy (non-hydrogen) atoms. The molecular weight excluding hydrogens is 184 g/mol. The molecule has 0 aromatic carbocycles. The Morgan fingerprint density at radius 2 is 2.07 bits per heavy atom. The van der Waals surface area contributed by atoms with E-state index in [2.05, 4.69) is 0 Å². The molecule has 2 aliphatic heterocycles. The van der Waals surface area contributed by atoms with E-state index in [1.165, 1.54) is 0 Å². The molecule has 0 aromatic heterocycles. The predicted octanol–water partition coefficient (Wildman–Crippen LogP) is 0.884. The van der Waals surface area contributed by atoms with Crippen molar-refractivity contribution in [1.82, 2.24) is 0 Å². The van der Waals surface area contributed by atoms with Gasteiger partial charge in [0, 0.05) is 0 Å². The van der Waals surface area contributed by atoms with Crippen LogP contribution >= 0.6 is 0 Å². The first-order valence-corrected chi connectivity index (χ1v) is 5.03. The van der Waals surface area contributed by atoms with Crippen LogP contribution in [0.5, 0.6) is 0 Å². The van der Waals surface area contributed by atoms with Crippen molar-refractivity contribution < 1.29 is 19.0 Å². The first kappa shape index (κ1) is 10.1. The molecule has 0 radical (unpaired) electrons. The number of ether oxygens (including phenoxy) is 3. The van der Waals surface area contributed by atoms with Crippen molar-refractivity contribution >= 4 is 6.29 Å². The standard InChI is InChI=1S/C10H16O4/c1-10(2)12-6-9(14-10)8-4-3-7(5-11)13-8/h5,7-9H,3-4,6H2,1-2H3/t7-,8-,9-/m1/s1. The van der Waals surface area contributed by atoms with Crippen LogP contribution in [-0.4, -0.2) is 37.0 Å². The Hall–Kier alpha value is -0.450. The Morgan fingerprint density at radius 3 is 2.57 bits per heavy atom. The molecular formula is C10H16O4. The van der Waals surface area contributed by atoms with E-state index in [4.69, 9.17) is 14.2 Å². The summed E-state index contributed by atoms with van der Waals surface area (Å²) in [6.45, 7) is 4.33. The van der Waals surface area contributed by atoms with Gasteiger partial charge >= 0.3 is 0 Å². The SMILES string of the molecule is CC1(C)OC[C@H]([C@H]2CC[C@H](C=O)O2)O1. The summed E-state index contributed by atoms with van der Waals surface area (Å²) in [5.74, 6) is -0.507. The van der Waals surface area contributed by atoms with Crippen LogP contribution in [0.4, 0.5) is 0 Å². The quantitative estimate of drug-likeness (QED) is 0.621. The topological polar surface area (TPSA) is 44.8 Å². The molecule has 0 amide bonds. The molecule has 0 saturated carbocycles. The maximum Gasteiger partial charge on any atom is 0.163 e. The Kier molecular flexibility index (Phi) is 2.60. The lowest BCUT2D eigenvalue weighted by molar-refractivity contribution is -0.155. The lowest BCUT2D eigenvalue weighted by atomic mass is 10.1. The number of rotatable bonds is 2. The van der Waals surface area contributed by atoms with Gasteiger partial charge in [-0.1, -0.05) is 0 Å². The van der Waals surface area contributed by atoms with Gasteiger partial charge in [0.25, 0.3) is 0 Å². The molecule has 0 aliphatic carbocycles. The maximum atomic E-state index is 10.5. The van der Waals surface area contributed by atoms with Gasteiger partial charge in [-0.15, -0.1) is 0 Å². The van der Waals surface area contributed by atoms with Crippen LogP contribution in [0.15, 0.2) is 0 Å². The predicted molar refractivity (Wildman–Crippen MR) is 48.9 cm³/mol. The number of carbonyl (C=O) groups excluding carboxylic acids is 1. The Labute approximate surface area is 83.5 Å². The number of hydrogen-bond acceptors (Lipinski definition) is 4. The monoisotopic (exact) mass is 200 g/mol. The van der Waals surface area contributed by atoms with Crippen molar-refractivity contribution in [3.63, 3.8) is 0 Å². The molecule has 0 bridgehead atoms. The van der Waals surface area contributed by atoms with Crippen molar-refractivity contribution in [2.75, 3.05) is 6.61 Å². The van der Waals surface area contributed by atoms with E-state index in [0.29, 0.717) is 6.61 Å². The molecule has 0 aromatic rings. The molecule has 2 saturated heterocycles. The van der Waals surface area contributed by atoms with E-state index in [1.807, 2.05) is 13.8 Å². The molecule has 4 heteroatoms. The fourth-order valence-electron chi connectivity index (χ4n) is 1.96. The highest BCUT2D eigenvalue weighted by Crippen LogP contribution is 2.30. The van der Waals surface area contributed by atoms with Gasteiger partial charge < -0.3 is 19.0 Å². The zero-order chi connectivity index (χ0) is 10.2. The zero-order valence-electron chi connectivity index (χ0n) is 8.56. The van der Waals surface area contributed by atoms with Crippen molar-refractivity contribution in [2.45, 2.75) is 50.8 Å². The van der Waals surface area contributed by atoms with Gasteiger partial charge in [-0.3, -0.25) is 0 Å². The van der Waals surface area contributed by atoms with Gasteiger partial charge in [-0.25, -0.2) is 0 Å². The zero-order valence-corrected chi connectivity index (χ0v) is 8.56. The molecule has 2 rings (SSSR count). The van der Waals surface area contributed by atoms with Crippen LogP contribution < -0.4 is 0 Å². The summed E-state index contributed by atoms with van der Waals surface area (Å²) in [6.07, 6.45) is 2.30. The largest absolute Gasteiger partial charge is 0.365 e. The van der Waals surface area contributed by atoms with Crippen LogP contribution in [0.25, 0.3) is 0 Å². The first-order valence-electron chi connectivity index (χ1n) is 5.03. The molecule has 0 N–H and O–H groups in total. The van der Waals surface area contributed by atoms with Crippen LogP contribution in [0.2, 0.25) is 0 Å². The normalized spacial score (nSPS) is 41.4. The average molecular weight is 200 g/mol. The summed E-state index contributed by atoms with van der Waals surface area (Å²) in [5.41, 5.74) is 0. The highest BCUT2D eigenvalue weighted by Gasteiger charge is 2.41. The fraction of sp³-hybridized carbons (Fsp3) is 0.900. The van der Waals surface area contributed by atoms with E-state index in [0.717, 1.165) is 19.1 Å². The first-order chi connectivity index (χ1) is 6.61. The summed E-state index contributed by atoms with van der Waals surface area (Å²) < 4.78 is 16.6. The summed E-state index contributed by atoms with van der Waals surface area (Å²) in [6, 6.07) is 0. The van der Waals surface area contributed by atoms with Gasteiger partial charge in [0.1, 0.15) is 18.5 Å². The molecule has 2 fully saturated rings. The number of carbonyl (C=O) groups is 1. The van der Waals surface area contributed by atoms with E-state index in [-0.39, 0.29) is 18.3 Å². The molecule has 3 atom stereocenters. The second-order valence-corrected chi connectivity index (χ2v) is 4.29. The van der Waals surface area contributed by atoms with Crippen molar-refractivity contribution in [3.8, 4) is 0 Å². The third-order valence-corrected chi connectivity index (χ3v) is 2.68. The molecule has 80 valence electrons. The summed E-state index contributed by atoms with van der Waals surface area (Å²) >= 11 is 0. The van der Waals surface area contributed by atoms with Crippen LogP contribution in [0.3, 0.4) is 0 Å². The van der Waals surface area contributed by atoms with Crippen molar-refractivity contribution in [2.24, 2.45) is 0 Å². The number of aldehydes is 1. The van der Waals surface area contributed by atoms with Gasteiger partial charge in [-0.2, -0.15) is 0 Å². The molecule has 2 heterocycles. The van der Waals surface area contributed by atoms with Crippen LogP contribution in [0.1, 0.15) is 26.7 Å². The summed E-state index contributed by atoms with van der Waals surface area (Å²) in [5, 5.41) is 0. The Morgan fingerprint density at radius 1 is 1.29 bits per heavy atom. The minimum atomic E-state index is -0.507. The summed E-state index contributed by atoms with van der Waals surface area (Å²) in [4.78, 5) is 10.5. The van der Waals surface area contributed by atoms with Crippen molar-refractivity contribution in [3.05, 3.63) is 0 Å². The van der Waals surface area contributed by atoms with Crippen LogP contribution in [0, 0.1) is 0 Å².